The molecule has 168 valence electrons. The van der Waals surface area contributed by atoms with Crippen LogP contribution in [0.4, 0.5) is 15.8 Å². The Morgan fingerprint density at radius 3 is 2.70 bits per heavy atom. The predicted molar refractivity (Wildman–Crippen MR) is 126 cm³/mol. The van der Waals surface area contributed by atoms with Gasteiger partial charge in [0.25, 0.3) is 5.69 Å². The minimum atomic E-state index is -0.590. The number of fused-ring (bicyclic) bond motifs is 1. The summed E-state index contributed by atoms with van der Waals surface area (Å²) in [5, 5.41) is 16.5. The van der Waals surface area contributed by atoms with Crippen molar-refractivity contribution in [3.05, 3.63) is 70.1 Å². The zero-order valence-electron chi connectivity index (χ0n) is 17.4. The van der Waals surface area contributed by atoms with Crippen LogP contribution in [-0.2, 0) is 4.79 Å². The average Bonchev–Trinajstić information content (AvgIpc) is 3.24. The molecule has 0 fully saturated rings. The molecule has 1 N–H and O–H groups in total. The second-order valence-corrected chi connectivity index (χ2v) is 9.09. The summed E-state index contributed by atoms with van der Waals surface area (Å²) in [5.74, 6) is -0.387. The normalized spacial score (nSPS) is 11.8. The van der Waals surface area contributed by atoms with Crippen molar-refractivity contribution in [1.82, 2.24) is 9.97 Å². The SMILES string of the molecule is COc1ccc([N+](=O)[O-])cc1NC(=O)[C@@H](C)Sc1ncnc2scc(-c3ccc(F)cc3)c12. The molecule has 0 aliphatic rings. The highest BCUT2D eigenvalue weighted by Gasteiger charge is 2.22. The number of amides is 1. The van der Waals surface area contributed by atoms with Crippen LogP contribution in [0.25, 0.3) is 21.3 Å². The number of carbonyl (C=O) groups is 1. The van der Waals surface area contributed by atoms with Crippen LogP contribution < -0.4 is 10.1 Å². The fourth-order valence-electron chi connectivity index (χ4n) is 3.14. The number of non-ortho nitro benzene ring substituents is 1. The van der Waals surface area contributed by atoms with Crippen molar-refractivity contribution in [1.29, 1.82) is 0 Å². The smallest absolute Gasteiger partial charge is 0.271 e. The van der Waals surface area contributed by atoms with Crippen LogP contribution in [0.1, 0.15) is 6.92 Å². The van der Waals surface area contributed by atoms with E-state index in [1.165, 1.54) is 66.9 Å². The van der Waals surface area contributed by atoms with Gasteiger partial charge in [-0.1, -0.05) is 23.9 Å². The highest BCUT2D eigenvalue weighted by molar-refractivity contribution is 8.00. The Bertz CT molecular complexity index is 1340. The highest BCUT2D eigenvalue weighted by Crippen LogP contribution is 2.39. The van der Waals surface area contributed by atoms with Crippen LogP contribution >= 0.6 is 23.1 Å². The molecule has 0 bridgehead atoms. The van der Waals surface area contributed by atoms with Gasteiger partial charge in [-0.05, 0) is 30.7 Å². The van der Waals surface area contributed by atoms with Gasteiger partial charge < -0.3 is 10.1 Å². The van der Waals surface area contributed by atoms with Gasteiger partial charge in [0.05, 0.1) is 28.4 Å². The van der Waals surface area contributed by atoms with E-state index in [0.717, 1.165) is 21.3 Å². The number of methoxy groups -OCH3 is 1. The first-order chi connectivity index (χ1) is 15.9. The number of nitrogens with one attached hydrogen (secondary N) is 1. The van der Waals surface area contributed by atoms with Crippen molar-refractivity contribution >= 4 is 50.6 Å². The summed E-state index contributed by atoms with van der Waals surface area (Å²) in [6, 6.07) is 10.1. The molecule has 0 spiro atoms. The lowest BCUT2D eigenvalue weighted by molar-refractivity contribution is -0.384. The van der Waals surface area contributed by atoms with Gasteiger partial charge >= 0.3 is 0 Å². The van der Waals surface area contributed by atoms with Crippen LogP contribution in [0.3, 0.4) is 0 Å². The van der Waals surface area contributed by atoms with Crippen LogP contribution in [0.5, 0.6) is 5.75 Å². The maximum absolute atomic E-state index is 13.4. The molecule has 4 rings (SSSR count). The van der Waals surface area contributed by atoms with Gasteiger partial charge in [-0.15, -0.1) is 11.3 Å². The summed E-state index contributed by atoms with van der Waals surface area (Å²) in [4.78, 5) is 32.9. The fraction of sp³-hybridized carbons (Fsp3) is 0.136. The number of halogens is 1. The summed E-state index contributed by atoms with van der Waals surface area (Å²) in [7, 11) is 1.42. The topological polar surface area (TPSA) is 107 Å². The van der Waals surface area contributed by atoms with Gasteiger partial charge in [-0.25, -0.2) is 14.4 Å². The Morgan fingerprint density at radius 1 is 1.24 bits per heavy atom. The molecular weight excluding hydrogens is 467 g/mol. The lowest BCUT2D eigenvalue weighted by atomic mass is 10.1. The first kappa shape index (κ1) is 22.6. The first-order valence-electron chi connectivity index (χ1n) is 9.65. The average molecular weight is 485 g/mol. The number of nitro benzene ring substituents is 1. The Balaban J connectivity index is 1.61. The largest absolute Gasteiger partial charge is 0.495 e. The number of ether oxygens (including phenoxy) is 1. The Hall–Kier alpha value is -3.57. The van der Waals surface area contributed by atoms with E-state index in [9.17, 15) is 19.3 Å². The first-order valence-corrected chi connectivity index (χ1v) is 11.4. The summed E-state index contributed by atoms with van der Waals surface area (Å²) < 4.78 is 18.6. The standard InChI is InChI=1S/C22H17FN4O4S2/c1-12(20(28)26-17-9-15(27(29)30)7-8-18(17)31-2)33-22-19-16(10-32-21(19)24-11-25-22)13-3-5-14(23)6-4-13/h3-12H,1-2H3,(H,26,28)/t12-/m1/s1. The van der Waals surface area contributed by atoms with Gasteiger partial charge in [0.15, 0.2) is 0 Å². The summed E-state index contributed by atoms with van der Waals surface area (Å²) in [5.41, 5.74) is 1.72. The van der Waals surface area contributed by atoms with Crippen LogP contribution in [0, 0.1) is 15.9 Å². The summed E-state index contributed by atoms with van der Waals surface area (Å²) >= 11 is 2.67. The third-order valence-electron chi connectivity index (χ3n) is 4.80. The molecule has 0 aliphatic carbocycles. The zero-order chi connectivity index (χ0) is 23.5. The quantitative estimate of drug-likeness (QED) is 0.159. The molecular formula is C22H17FN4O4S2. The minimum absolute atomic E-state index is 0.161. The van der Waals surface area contributed by atoms with Crippen LogP contribution in [0.15, 0.2) is 59.2 Å². The van der Waals surface area contributed by atoms with E-state index in [4.69, 9.17) is 4.74 Å². The molecule has 1 amide bonds. The minimum Gasteiger partial charge on any atom is -0.495 e. The van der Waals surface area contributed by atoms with Crippen LogP contribution in [0.2, 0.25) is 0 Å². The molecule has 4 aromatic rings. The van der Waals surface area contributed by atoms with Gasteiger partial charge in [0, 0.05) is 23.1 Å². The molecule has 11 heteroatoms. The molecule has 0 unspecified atom stereocenters. The van der Waals surface area contributed by atoms with E-state index < -0.39 is 10.2 Å². The maximum Gasteiger partial charge on any atom is 0.271 e. The number of anilines is 1. The van der Waals surface area contributed by atoms with E-state index in [2.05, 4.69) is 15.3 Å². The number of aromatic nitrogens is 2. The summed E-state index contributed by atoms with van der Waals surface area (Å²) in [6.45, 7) is 1.71. The number of thioether (sulfide) groups is 1. The van der Waals surface area contributed by atoms with E-state index in [1.807, 2.05) is 5.38 Å². The lowest BCUT2D eigenvalue weighted by Gasteiger charge is -2.14. The Labute approximate surface area is 196 Å². The zero-order valence-corrected chi connectivity index (χ0v) is 19.1. The summed E-state index contributed by atoms with van der Waals surface area (Å²) in [6.07, 6.45) is 1.43. The number of rotatable bonds is 7. The molecule has 2 aromatic carbocycles. The van der Waals surface area contributed by atoms with E-state index in [0.29, 0.717) is 10.8 Å². The highest BCUT2D eigenvalue weighted by atomic mass is 32.2. The van der Waals surface area contributed by atoms with Crippen LogP contribution in [-0.4, -0.2) is 33.2 Å². The third kappa shape index (κ3) is 4.78. The molecule has 2 heterocycles. The van der Waals surface area contributed by atoms with Gasteiger partial charge in [-0.2, -0.15) is 0 Å². The predicted octanol–water partition coefficient (Wildman–Crippen LogP) is 5.53. The number of hydrogen-bond acceptors (Lipinski definition) is 8. The Morgan fingerprint density at radius 2 is 2.00 bits per heavy atom. The number of nitro groups is 1. The number of benzene rings is 2. The van der Waals surface area contributed by atoms with Crippen molar-refractivity contribution < 1.29 is 18.8 Å². The van der Waals surface area contributed by atoms with Gasteiger partial charge in [-0.3, -0.25) is 14.9 Å². The van der Waals surface area contributed by atoms with E-state index in [1.54, 1.807) is 19.1 Å². The van der Waals surface area contributed by atoms with Crippen molar-refractivity contribution in [3.8, 4) is 16.9 Å². The maximum atomic E-state index is 13.4. The van der Waals surface area contributed by atoms with Crippen molar-refractivity contribution in [2.75, 3.05) is 12.4 Å². The van der Waals surface area contributed by atoms with Crippen molar-refractivity contribution in [2.24, 2.45) is 0 Å². The second-order valence-electron chi connectivity index (χ2n) is 6.91. The van der Waals surface area contributed by atoms with E-state index in [-0.39, 0.29) is 23.1 Å². The molecule has 8 nitrogen and oxygen atoms in total. The molecule has 1 atom stereocenters. The Kier molecular flexibility index (Phi) is 6.52. The fourth-order valence-corrected chi connectivity index (χ4v) is 5.06. The number of nitrogens with zero attached hydrogens (tertiary/aromatic N) is 3. The molecule has 33 heavy (non-hydrogen) atoms. The number of carbonyl (C=O) groups excluding carboxylic acids is 1. The molecule has 2 aromatic heterocycles. The number of hydrogen-bond donors (Lipinski definition) is 1. The number of thiophene rings is 1. The molecule has 0 saturated heterocycles. The van der Waals surface area contributed by atoms with Crippen molar-refractivity contribution in [3.63, 3.8) is 0 Å². The lowest BCUT2D eigenvalue weighted by Crippen LogP contribution is -2.23. The van der Waals surface area contributed by atoms with Gasteiger partial charge in [0.2, 0.25) is 5.91 Å². The van der Waals surface area contributed by atoms with Gasteiger partial charge in [0.1, 0.15) is 27.8 Å². The van der Waals surface area contributed by atoms with E-state index >= 15 is 0 Å². The molecule has 0 radical (unpaired) electrons. The third-order valence-corrected chi connectivity index (χ3v) is 6.79. The van der Waals surface area contributed by atoms with Crippen molar-refractivity contribution in [2.45, 2.75) is 17.2 Å². The molecule has 0 aliphatic heterocycles. The second kappa shape index (κ2) is 9.51. The molecule has 0 saturated carbocycles. The monoisotopic (exact) mass is 484 g/mol.